The molecule has 19 heavy (non-hydrogen) atoms. The summed E-state index contributed by atoms with van der Waals surface area (Å²) in [6.45, 7) is 0. The van der Waals surface area contributed by atoms with Gasteiger partial charge in [0.15, 0.2) is 0 Å². The Bertz CT molecular complexity index is 734. The van der Waals surface area contributed by atoms with E-state index in [2.05, 4.69) is 37.9 Å². The molecule has 3 aromatic rings. The molecule has 0 atom stereocenters. The largest absolute Gasteiger partial charge is 0.345 e. The van der Waals surface area contributed by atoms with Gasteiger partial charge in [-0.2, -0.15) is 0 Å². The van der Waals surface area contributed by atoms with E-state index in [1.54, 1.807) is 18.5 Å². The standard InChI is InChI=1S/C14H10IN3O/c15-10-2-4-11(5-3-10)18-14(19)9-1-6-12-13(7-9)17-8-16-12/h1-8H,(H,16,17)(H,18,19). The van der Waals surface area contributed by atoms with Crippen LogP contribution in [0.4, 0.5) is 5.69 Å². The Morgan fingerprint density at radius 2 is 1.95 bits per heavy atom. The van der Waals surface area contributed by atoms with Crippen molar-refractivity contribution in [2.24, 2.45) is 0 Å². The summed E-state index contributed by atoms with van der Waals surface area (Å²) in [5.74, 6) is -0.127. The predicted molar refractivity (Wildman–Crippen MR) is 83.2 cm³/mol. The lowest BCUT2D eigenvalue weighted by molar-refractivity contribution is 0.102. The van der Waals surface area contributed by atoms with Crippen LogP contribution in [-0.4, -0.2) is 15.9 Å². The second-order valence-corrected chi connectivity index (χ2v) is 5.34. The van der Waals surface area contributed by atoms with Crippen LogP contribution in [0.2, 0.25) is 0 Å². The molecule has 94 valence electrons. The number of H-pyrrole nitrogens is 1. The third-order valence-electron chi connectivity index (χ3n) is 2.78. The molecule has 0 saturated heterocycles. The first-order chi connectivity index (χ1) is 9.22. The van der Waals surface area contributed by atoms with Crippen molar-refractivity contribution in [1.82, 2.24) is 9.97 Å². The maximum absolute atomic E-state index is 12.1. The number of aromatic amines is 1. The quantitative estimate of drug-likeness (QED) is 0.686. The van der Waals surface area contributed by atoms with E-state index < -0.39 is 0 Å². The van der Waals surface area contributed by atoms with Crippen molar-refractivity contribution < 1.29 is 4.79 Å². The van der Waals surface area contributed by atoms with Crippen molar-refractivity contribution >= 4 is 45.2 Å². The van der Waals surface area contributed by atoms with Gasteiger partial charge < -0.3 is 10.3 Å². The van der Waals surface area contributed by atoms with Gasteiger partial charge >= 0.3 is 0 Å². The lowest BCUT2D eigenvalue weighted by atomic mass is 10.2. The van der Waals surface area contributed by atoms with Crippen LogP contribution in [0.5, 0.6) is 0 Å². The van der Waals surface area contributed by atoms with E-state index >= 15 is 0 Å². The number of hydrogen-bond acceptors (Lipinski definition) is 2. The minimum atomic E-state index is -0.127. The number of halogens is 1. The number of carbonyl (C=O) groups excluding carboxylic acids is 1. The molecule has 0 fully saturated rings. The maximum atomic E-state index is 12.1. The number of hydrogen-bond donors (Lipinski definition) is 2. The number of imidazole rings is 1. The Balaban J connectivity index is 1.84. The number of benzene rings is 2. The fourth-order valence-corrected chi connectivity index (χ4v) is 2.17. The molecule has 1 amide bonds. The van der Waals surface area contributed by atoms with E-state index in [0.717, 1.165) is 20.3 Å². The highest BCUT2D eigenvalue weighted by Crippen LogP contribution is 2.15. The molecule has 0 unspecified atom stereocenters. The second kappa shape index (κ2) is 5.00. The van der Waals surface area contributed by atoms with Gasteiger partial charge in [-0.25, -0.2) is 4.98 Å². The van der Waals surface area contributed by atoms with Crippen molar-refractivity contribution in [1.29, 1.82) is 0 Å². The Kier molecular flexibility index (Phi) is 3.20. The zero-order valence-electron chi connectivity index (χ0n) is 9.85. The number of anilines is 1. The first-order valence-corrected chi connectivity index (χ1v) is 6.80. The number of amides is 1. The van der Waals surface area contributed by atoms with Crippen molar-refractivity contribution in [2.45, 2.75) is 0 Å². The van der Waals surface area contributed by atoms with Crippen LogP contribution in [-0.2, 0) is 0 Å². The van der Waals surface area contributed by atoms with E-state index in [4.69, 9.17) is 0 Å². The molecular weight excluding hydrogens is 353 g/mol. The Morgan fingerprint density at radius 1 is 1.16 bits per heavy atom. The Hall–Kier alpha value is -1.89. The minimum absolute atomic E-state index is 0.127. The predicted octanol–water partition coefficient (Wildman–Crippen LogP) is 3.42. The van der Waals surface area contributed by atoms with Crippen LogP contribution in [0.3, 0.4) is 0 Å². The van der Waals surface area contributed by atoms with Crippen molar-refractivity contribution in [3.8, 4) is 0 Å². The van der Waals surface area contributed by atoms with E-state index in [1.807, 2.05) is 30.3 Å². The molecule has 0 bridgehead atoms. The molecule has 0 aliphatic carbocycles. The molecule has 0 aliphatic rings. The normalized spacial score (nSPS) is 10.6. The summed E-state index contributed by atoms with van der Waals surface area (Å²) in [6, 6.07) is 13.1. The maximum Gasteiger partial charge on any atom is 0.255 e. The molecule has 0 saturated carbocycles. The van der Waals surface area contributed by atoms with Crippen LogP contribution in [0.1, 0.15) is 10.4 Å². The molecule has 1 heterocycles. The van der Waals surface area contributed by atoms with Crippen LogP contribution < -0.4 is 5.32 Å². The number of aromatic nitrogens is 2. The minimum Gasteiger partial charge on any atom is -0.345 e. The lowest BCUT2D eigenvalue weighted by Gasteiger charge is -2.05. The SMILES string of the molecule is O=C(Nc1ccc(I)cc1)c1ccc2nc[nH]c2c1. The molecule has 2 N–H and O–H groups in total. The smallest absolute Gasteiger partial charge is 0.255 e. The average molecular weight is 363 g/mol. The summed E-state index contributed by atoms with van der Waals surface area (Å²) in [4.78, 5) is 19.2. The summed E-state index contributed by atoms with van der Waals surface area (Å²) in [5, 5.41) is 2.87. The van der Waals surface area contributed by atoms with Gasteiger partial charge in [0.2, 0.25) is 0 Å². The summed E-state index contributed by atoms with van der Waals surface area (Å²) in [5.41, 5.74) is 3.10. The van der Waals surface area contributed by atoms with Crippen LogP contribution >= 0.6 is 22.6 Å². The molecule has 0 aliphatic heterocycles. The van der Waals surface area contributed by atoms with Gasteiger partial charge in [-0.3, -0.25) is 4.79 Å². The van der Waals surface area contributed by atoms with Gasteiger partial charge in [-0.05, 0) is 65.1 Å². The first kappa shape index (κ1) is 12.2. The number of carbonyl (C=O) groups is 1. The number of rotatable bonds is 2. The molecule has 5 heteroatoms. The molecule has 4 nitrogen and oxygen atoms in total. The first-order valence-electron chi connectivity index (χ1n) is 5.72. The zero-order chi connectivity index (χ0) is 13.2. The average Bonchev–Trinajstić information content (AvgIpc) is 2.88. The highest BCUT2D eigenvalue weighted by molar-refractivity contribution is 14.1. The van der Waals surface area contributed by atoms with E-state index in [0.29, 0.717) is 5.56 Å². The zero-order valence-corrected chi connectivity index (χ0v) is 12.0. The van der Waals surface area contributed by atoms with Crippen molar-refractivity contribution in [3.63, 3.8) is 0 Å². The van der Waals surface area contributed by atoms with Gasteiger partial charge in [-0.15, -0.1) is 0 Å². The highest BCUT2D eigenvalue weighted by Gasteiger charge is 2.07. The van der Waals surface area contributed by atoms with Gasteiger partial charge in [0.05, 0.1) is 17.4 Å². The van der Waals surface area contributed by atoms with Gasteiger partial charge in [0.25, 0.3) is 5.91 Å². The third-order valence-corrected chi connectivity index (χ3v) is 3.50. The van der Waals surface area contributed by atoms with E-state index in [1.165, 1.54) is 0 Å². The Labute approximate surface area is 123 Å². The summed E-state index contributed by atoms with van der Waals surface area (Å²) in [7, 11) is 0. The molecule has 2 aromatic carbocycles. The van der Waals surface area contributed by atoms with Crippen LogP contribution in [0.25, 0.3) is 11.0 Å². The summed E-state index contributed by atoms with van der Waals surface area (Å²) >= 11 is 2.23. The van der Waals surface area contributed by atoms with Gasteiger partial charge in [0.1, 0.15) is 0 Å². The molecule has 1 aromatic heterocycles. The second-order valence-electron chi connectivity index (χ2n) is 4.10. The number of fused-ring (bicyclic) bond motifs is 1. The summed E-state index contributed by atoms with van der Waals surface area (Å²) < 4.78 is 1.13. The van der Waals surface area contributed by atoms with Crippen molar-refractivity contribution in [2.75, 3.05) is 5.32 Å². The monoisotopic (exact) mass is 363 g/mol. The van der Waals surface area contributed by atoms with E-state index in [-0.39, 0.29) is 5.91 Å². The highest BCUT2D eigenvalue weighted by atomic mass is 127. The topological polar surface area (TPSA) is 57.8 Å². The van der Waals surface area contributed by atoms with Crippen molar-refractivity contribution in [3.05, 3.63) is 57.9 Å². The molecule has 0 radical (unpaired) electrons. The lowest BCUT2D eigenvalue weighted by Crippen LogP contribution is -2.11. The van der Waals surface area contributed by atoms with Crippen LogP contribution in [0, 0.1) is 3.57 Å². The third kappa shape index (κ3) is 2.60. The fourth-order valence-electron chi connectivity index (χ4n) is 1.81. The van der Waals surface area contributed by atoms with E-state index in [9.17, 15) is 4.79 Å². The molecule has 3 rings (SSSR count). The fraction of sp³-hybridized carbons (Fsp3) is 0. The van der Waals surface area contributed by atoms with Gasteiger partial charge in [-0.1, -0.05) is 0 Å². The van der Waals surface area contributed by atoms with Crippen LogP contribution in [0.15, 0.2) is 48.8 Å². The molecule has 0 spiro atoms. The number of nitrogens with zero attached hydrogens (tertiary/aromatic N) is 1. The molecular formula is C14H10IN3O. The Morgan fingerprint density at radius 3 is 2.74 bits per heavy atom. The summed E-state index contributed by atoms with van der Waals surface area (Å²) in [6.07, 6.45) is 1.62. The van der Waals surface area contributed by atoms with Gasteiger partial charge in [0, 0.05) is 14.8 Å². The number of nitrogens with one attached hydrogen (secondary N) is 2.